The van der Waals surface area contributed by atoms with Crippen molar-refractivity contribution < 1.29 is 14.3 Å². The van der Waals surface area contributed by atoms with Crippen molar-refractivity contribution in [2.24, 2.45) is 0 Å². The zero-order chi connectivity index (χ0) is 20.9. The second-order valence-corrected chi connectivity index (χ2v) is 9.30. The quantitative estimate of drug-likeness (QED) is 0.522. The summed E-state index contributed by atoms with van der Waals surface area (Å²) < 4.78 is 11.0. The Balaban J connectivity index is 1.34. The Hall–Kier alpha value is -2.35. The molecule has 2 aromatic heterocycles. The van der Waals surface area contributed by atoms with Gasteiger partial charge < -0.3 is 14.4 Å². The fourth-order valence-corrected chi connectivity index (χ4v) is 5.49. The zero-order valence-corrected chi connectivity index (χ0v) is 18.9. The molecule has 0 fully saturated rings. The first kappa shape index (κ1) is 20.9. The van der Waals surface area contributed by atoms with E-state index in [1.165, 1.54) is 15.3 Å². The number of ether oxygens (including phenoxy) is 2. The van der Waals surface area contributed by atoms with Gasteiger partial charge in [0.05, 0.1) is 19.7 Å². The van der Waals surface area contributed by atoms with Crippen molar-refractivity contribution in [3.63, 3.8) is 0 Å². The number of benzene rings is 1. The van der Waals surface area contributed by atoms with E-state index in [1.807, 2.05) is 41.1 Å². The smallest absolute Gasteiger partial charge is 0.237 e. The molecular weight excluding hydrogens is 416 g/mol. The predicted molar refractivity (Wildman–Crippen MR) is 122 cm³/mol. The van der Waals surface area contributed by atoms with Crippen LogP contribution in [-0.2, 0) is 11.2 Å². The molecule has 0 radical (unpaired) electrons. The van der Waals surface area contributed by atoms with Gasteiger partial charge in [0.25, 0.3) is 0 Å². The Morgan fingerprint density at radius 1 is 1.13 bits per heavy atom. The van der Waals surface area contributed by atoms with Gasteiger partial charge in [-0.05, 0) is 66.2 Å². The average Bonchev–Trinajstić information content (AvgIpc) is 3.45. The van der Waals surface area contributed by atoms with Crippen molar-refractivity contribution in [1.82, 2.24) is 9.80 Å². The van der Waals surface area contributed by atoms with Gasteiger partial charge in [0.15, 0.2) is 0 Å². The summed E-state index contributed by atoms with van der Waals surface area (Å²) >= 11 is 3.52. The summed E-state index contributed by atoms with van der Waals surface area (Å²) in [6, 6.07) is 13.9. The number of rotatable bonds is 8. The van der Waals surface area contributed by atoms with Gasteiger partial charge in [-0.1, -0.05) is 6.07 Å². The van der Waals surface area contributed by atoms with E-state index in [0.29, 0.717) is 19.7 Å². The Morgan fingerprint density at radius 2 is 1.93 bits per heavy atom. The van der Waals surface area contributed by atoms with E-state index in [9.17, 15) is 4.79 Å². The molecule has 0 saturated carbocycles. The average molecular weight is 443 g/mol. The SMILES string of the molecule is COc1ccc(OCCN(C)CC(=O)N2CCc3sccc3C2c2cccs2)cc1. The van der Waals surface area contributed by atoms with Gasteiger partial charge in [-0.25, -0.2) is 0 Å². The number of methoxy groups -OCH3 is 1. The summed E-state index contributed by atoms with van der Waals surface area (Å²) in [6.45, 7) is 2.36. The lowest BCUT2D eigenvalue weighted by molar-refractivity contribution is -0.134. The molecule has 0 bridgehead atoms. The topological polar surface area (TPSA) is 42.0 Å². The van der Waals surface area contributed by atoms with Crippen LogP contribution in [0, 0.1) is 0 Å². The molecule has 30 heavy (non-hydrogen) atoms. The van der Waals surface area contributed by atoms with E-state index in [-0.39, 0.29) is 11.9 Å². The van der Waals surface area contributed by atoms with Gasteiger partial charge in [-0.3, -0.25) is 9.69 Å². The lowest BCUT2D eigenvalue weighted by Gasteiger charge is -2.36. The normalized spacial score (nSPS) is 15.8. The van der Waals surface area contributed by atoms with Gasteiger partial charge in [-0.15, -0.1) is 22.7 Å². The van der Waals surface area contributed by atoms with Crippen molar-refractivity contribution in [3.05, 3.63) is 68.5 Å². The molecule has 0 spiro atoms. The van der Waals surface area contributed by atoms with E-state index in [2.05, 4.69) is 29.0 Å². The van der Waals surface area contributed by atoms with E-state index in [1.54, 1.807) is 29.8 Å². The van der Waals surface area contributed by atoms with Crippen LogP contribution in [0.25, 0.3) is 0 Å². The van der Waals surface area contributed by atoms with Gasteiger partial charge in [0.2, 0.25) is 5.91 Å². The number of thiophene rings is 2. The number of amides is 1. The summed E-state index contributed by atoms with van der Waals surface area (Å²) in [5.74, 6) is 1.77. The molecule has 1 aliphatic rings. The number of carbonyl (C=O) groups is 1. The lowest BCUT2D eigenvalue weighted by atomic mass is 9.98. The molecule has 4 rings (SSSR count). The summed E-state index contributed by atoms with van der Waals surface area (Å²) in [6.07, 6.45) is 0.935. The second-order valence-electron chi connectivity index (χ2n) is 7.32. The largest absolute Gasteiger partial charge is 0.497 e. The van der Waals surface area contributed by atoms with Crippen LogP contribution in [0.15, 0.2) is 53.2 Å². The van der Waals surface area contributed by atoms with Crippen molar-refractivity contribution >= 4 is 28.6 Å². The number of carbonyl (C=O) groups excluding carboxylic acids is 1. The third-order valence-electron chi connectivity index (χ3n) is 5.31. The maximum atomic E-state index is 13.2. The molecular formula is C23H26N2O3S2. The second kappa shape index (κ2) is 9.64. The van der Waals surface area contributed by atoms with Gasteiger partial charge >= 0.3 is 0 Å². The first-order valence-corrected chi connectivity index (χ1v) is 11.8. The molecule has 3 aromatic rings. The van der Waals surface area contributed by atoms with E-state index < -0.39 is 0 Å². The highest BCUT2D eigenvalue weighted by molar-refractivity contribution is 7.10. The molecule has 1 aliphatic heterocycles. The molecule has 1 amide bonds. The highest BCUT2D eigenvalue weighted by Crippen LogP contribution is 2.39. The maximum absolute atomic E-state index is 13.2. The Morgan fingerprint density at radius 3 is 2.67 bits per heavy atom. The first-order valence-electron chi connectivity index (χ1n) is 10.00. The summed E-state index contributed by atoms with van der Waals surface area (Å²) in [7, 11) is 3.61. The van der Waals surface area contributed by atoms with Gasteiger partial charge in [0.1, 0.15) is 18.1 Å². The van der Waals surface area contributed by atoms with Crippen LogP contribution in [0.2, 0.25) is 0 Å². The fraction of sp³-hybridized carbons (Fsp3) is 0.348. The summed E-state index contributed by atoms with van der Waals surface area (Å²) in [5, 5.41) is 4.23. The monoisotopic (exact) mass is 442 g/mol. The molecule has 0 saturated heterocycles. The molecule has 3 heterocycles. The van der Waals surface area contributed by atoms with Crippen molar-refractivity contribution in [2.45, 2.75) is 12.5 Å². The minimum absolute atomic E-state index is 0.0384. The van der Waals surface area contributed by atoms with Crippen molar-refractivity contribution in [1.29, 1.82) is 0 Å². The Labute approximate surface area is 185 Å². The van der Waals surface area contributed by atoms with E-state index in [4.69, 9.17) is 9.47 Å². The molecule has 7 heteroatoms. The van der Waals surface area contributed by atoms with Crippen LogP contribution >= 0.6 is 22.7 Å². The standard InChI is InChI=1S/C23H26N2O3S2/c1-24(12-13-28-18-7-5-17(27-2)6-8-18)16-22(26)25-11-9-20-19(10-15-30-20)23(25)21-4-3-14-29-21/h3-8,10,14-15,23H,9,11-13,16H2,1-2H3. The molecule has 0 aliphatic carbocycles. The lowest BCUT2D eigenvalue weighted by Crippen LogP contribution is -2.45. The van der Waals surface area contributed by atoms with Crippen LogP contribution in [0.3, 0.4) is 0 Å². The Kier molecular flexibility index (Phi) is 6.72. The van der Waals surface area contributed by atoms with Gasteiger partial charge in [0, 0.05) is 22.8 Å². The first-order chi connectivity index (χ1) is 14.7. The third-order valence-corrected chi connectivity index (χ3v) is 7.23. The maximum Gasteiger partial charge on any atom is 0.237 e. The Bertz CT molecular complexity index is 953. The van der Waals surface area contributed by atoms with Crippen LogP contribution in [-0.4, -0.2) is 56.1 Å². The zero-order valence-electron chi connectivity index (χ0n) is 17.2. The van der Waals surface area contributed by atoms with Crippen LogP contribution in [0.5, 0.6) is 11.5 Å². The highest BCUT2D eigenvalue weighted by atomic mass is 32.1. The number of hydrogen-bond donors (Lipinski definition) is 0. The molecule has 1 atom stereocenters. The number of hydrogen-bond acceptors (Lipinski definition) is 6. The van der Waals surface area contributed by atoms with Crippen LogP contribution < -0.4 is 9.47 Å². The van der Waals surface area contributed by atoms with Crippen molar-refractivity contribution in [2.75, 3.05) is 40.4 Å². The van der Waals surface area contributed by atoms with Crippen molar-refractivity contribution in [3.8, 4) is 11.5 Å². The van der Waals surface area contributed by atoms with Gasteiger partial charge in [-0.2, -0.15) is 0 Å². The molecule has 1 unspecified atom stereocenters. The fourth-order valence-electron chi connectivity index (χ4n) is 3.73. The minimum atomic E-state index is 0.0384. The highest BCUT2D eigenvalue weighted by Gasteiger charge is 2.33. The number of likely N-dealkylation sites (N-methyl/N-ethyl adjacent to an activating group) is 1. The number of fused-ring (bicyclic) bond motifs is 1. The molecule has 158 valence electrons. The van der Waals surface area contributed by atoms with E-state index >= 15 is 0 Å². The molecule has 0 N–H and O–H groups in total. The predicted octanol–water partition coefficient (Wildman–Crippen LogP) is 4.30. The summed E-state index contributed by atoms with van der Waals surface area (Å²) in [5.41, 5.74) is 1.28. The number of nitrogens with zero attached hydrogens (tertiary/aromatic N) is 2. The van der Waals surface area contributed by atoms with Crippen LogP contribution in [0.4, 0.5) is 0 Å². The van der Waals surface area contributed by atoms with Crippen LogP contribution in [0.1, 0.15) is 21.4 Å². The molecule has 1 aromatic carbocycles. The molecule has 5 nitrogen and oxygen atoms in total. The third kappa shape index (κ3) is 4.69. The summed E-state index contributed by atoms with van der Waals surface area (Å²) in [4.78, 5) is 19.9. The minimum Gasteiger partial charge on any atom is -0.497 e. The van der Waals surface area contributed by atoms with E-state index in [0.717, 1.165) is 24.5 Å².